The van der Waals surface area contributed by atoms with Crippen LogP contribution in [0.25, 0.3) is 0 Å². The van der Waals surface area contributed by atoms with Crippen molar-refractivity contribution in [3.05, 3.63) is 35.4 Å². The average molecular weight is 333 g/mol. The number of carbonyl (C=O) groups excluding carboxylic acids is 1. The Labute approximate surface area is 125 Å². The summed E-state index contributed by atoms with van der Waals surface area (Å²) in [4.78, 5) is 28.5. The van der Waals surface area contributed by atoms with Crippen LogP contribution in [0.5, 0.6) is 0 Å². The van der Waals surface area contributed by atoms with Crippen LogP contribution in [0.1, 0.15) is 22.0 Å². The molecule has 0 bridgehead atoms. The lowest BCUT2D eigenvalue weighted by Crippen LogP contribution is -2.33. The zero-order valence-electron chi connectivity index (χ0n) is 11.3. The number of hydrogen-bond donors (Lipinski definition) is 5. The van der Waals surface area contributed by atoms with Crippen LogP contribution in [-0.4, -0.2) is 50.8 Å². The van der Waals surface area contributed by atoms with E-state index < -0.39 is 44.8 Å². The number of aliphatic hydroxyl groups is 2. The Hall–Kier alpha value is -1.32. The molecule has 1 heterocycles. The summed E-state index contributed by atoms with van der Waals surface area (Å²) in [5, 5.41) is 19.9. The molecule has 0 spiro atoms. The maximum absolute atomic E-state index is 11.2. The van der Waals surface area contributed by atoms with Gasteiger partial charge in [0.25, 0.3) is 0 Å². The second-order valence-electron chi connectivity index (χ2n) is 4.85. The predicted molar refractivity (Wildman–Crippen MR) is 72.6 cm³/mol. The number of amides is 1. The van der Waals surface area contributed by atoms with Gasteiger partial charge in [0, 0.05) is 5.56 Å². The second-order valence-corrected chi connectivity index (χ2v) is 6.09. The van der Waals surface area contributed by atoms with E-state index in [1.54, 1.807) is 6.07 Å². The van der Waals surface area contributed by atoms with Gasteiger partial charge in [-0.2, -0.15) is 0 Å². The first kappa shape index (κ1) is 17.0. The van der Waals surface area contributed by atoms with E-state index in [9.17, 15) is 19.6 Å². The topological polar surface area (TPSA) is 160 Å². The van der Waals surface area contributed by atoms with Crippen molar-refractivity contribution in [3.8, 4) is 0 Å². The fraction of sp³-hybridized carbons (Fsp3) is 0.417. The van der Waals surface area contributed by atoms with Crippen LogP contribution < -0.4 is 5.73 Å². The van der Waals surface area contributed by atoms with Gasteiger partial charge in [-0.15, -0.1) is 0 Å². The molecule has 1 saturated heterocycles. The number of benzene rings is 1. The first-order valence-electron chi connectivity index (χ1n) is 6.30. The van der Waals surface area contributed by atoms with Crippen molar-refractivity contribution in [2.45, 2.75) is 24.4 Å². The summed E-state index contributed by atoms with van der Waals surface area (Å²) in [6, 6.07) is 6.00. The third-order valence-electron chi connectivity index (χ3n) is 3.27. The zero-order chi connectivity index (χ0) is 16.5. The van der Waals surface area contributed by atoms with E-state index in [0.29, 0.717) is 5.56 Å². The molecule has 10 heteroatoms. The maximum Gasteiger partial charge on any atom is 0.469 e. The summed E-state index contributed by atoms with van der Waals surface area (Å²) >= 11 is 0. The number of rotatable bonds is 5. The molecule has 1 aliphatic rings. The summed E-state index contributed by atoms with van der Waals surface area (Å²) in [6.45, 7) is -0.589. The molecule has 0 unspecified atom stereocenters. The van der Waals surface area contributed by atoms with Crippen molar-refractivity contribution in [2.24, 2.45) is 5.73 Å². The van der Waals surface area contributed by atoms with Crippen molar-refractivity contribution in [3.63, 3.8) is 0 Å². The fourth-order valence-corrected chi connectivity index (χ4v) is 2.54. The monoisotopic (exact) mass is 333 g/mol. The third kappa shape index (κ3) is 3.90. The molecule has 4 atom stereocenters. The Balaban J connectivity index is 2.14. The van der Waals surface area contributed by atoms with Gasteiger partial charge in [-0.05, 0) is 17.7 Å². The summed E-state index contributed by atoms with van der Waals surface area (Å²) in [5.74, 6) is -0.656. The van der Waals surface area contributed by atoms with Crippen molar-refractivity contribution >= 4 is 13.7 Å². The lowest BCUT2D eigenvalue weighted by Gasteiger charge is -2.15. The minimum atomic E-state index is -4.71. The van der Waals surface area contributed by atoms with Crippen LogP contribution in [0.15, 0.2) is 24.3 Å². The summed E-state index contributed by atoms with van der Waals surface area (Å²) in [6.07, 6.45) is -4.83. The summed E-state index contributed by atoms with van der Waals surface area (Å²) in [5.41, 5.74) is 5.78. The van der Waals surface area contributed by atoms with Gasteiger partial charge in [0.15, 0.2) is 0 Å². The smallest absolute Gasteiger partial charge is 0.387 e. The third-order valence-corrected chi connectivity index (χ3v) is 3.75. The van der Waals surface area contributed by atoms with E-state index in [4.69, 9.17) is 20.3 Å². The number of nitrogens with two attached hydrogens (primary N) is 1. The number of aliphatic hydroxyl groups excluding tert-OH is 2. The second kappa shape index (κ2) is 6.43. The van der Waals surface area contributed by atoms with Crippen molar-refractivity contribution < 1.29 is 38.6 Å². The molecule has 1 fully saturated rings. The Morgan fingerprint density at radius 1 is 1.32 bits per heavy atom. The molecule has 0 aliphatic carbocycles. The number of primary amides is 1. The van der Waals surface area contributed by atoms with Crippen LogP contribution in [0.3, 0.4) is 0 Å². The minimum absolute atomic E-state index is 0.206. The molecule has 1 aromatic rings. The van der Waals surface area contributed by atoms with Gasteiger partial charge in [-0.25, -0.2) is 4.57 Å². The number of ether oxygens (including phenoxy) is 1. The SMILES string of the molecule is NC(=O)c1cccc([C@@H]2O[C@@H](COP(=O)(O)O)[C@@H](O)[C@H]2O)c1. The van der Waals surface area contributed by atoms with Gasteiger partial charge in [0.2, 0.25) is 5.91 Å². The maximum atomic E-state index is 11.2. The van der Waals surface area contributed by atoms with Gasteiger partial charge in [-0.3, -0.25) is 9.32 Å². The minimum Gasteiger partial charge on any atom is -0.387 e. The highest BCUT2D eigenvalue weighted by atomic mass is 31.2. The van der Waals surface area contributed by atoms with Crippen LogP contribution in [-0.2, 0) is 13.8 Å². The van der Waals surface area contributed by atoms with E-state index in [1.807, 2.05) is 0 Å². The average Bonchev–Trinajstić information content (AvgIpc) is 2.72. The van der Waals surface area contributed by atoms with Crippen molar-refractivity contribution in [2.75, 3.05) is 6.61 Å². The number of carbonyl (C=O) groups is 1. The Morgan fingerprint density at radius 3 is 2.59 bits per heavy atom. The van der Waals surface area contributed by atoms with Gasteiger partial charge < -0.3 is 30.5 Å². The lowest BCUT2D eigenvalue weighted by atomic mass is 10.00. The van der Waals surface area contributed by atoms with E-state index in [2.05, 4.69) is 4.52 Å². The highest BCUT2D eigenvalue weighted by molar-refractivity contribution is 7.46. The molecule has 2 rings (SSSR count). The first-order valence-corrected chi connectivity index (χ1v) is 7.83. The molecule has 1 amide bonds. The lowest BCUT2D eigenvalue weighted by molar-refractivity contribution is -0.0223. The van der Waals surface area contributed by atoms with Gasteiger partial charge in [-0.1, -0.05) is 12.1 Å². The highest BCUT2D eigenvalue weighted by Gasteiger charge is 2.44. The molecular weight excluding hydrogens is 317 g/mol. The summed E-state index contributed by atoms with van der Waals surface area (Å²) < 4.78 is 20.3. The van der Waals surface area contributed by atoms with Crippen LogP contribution >= 0.6 is 7.82 Å². The fourth-order valence-electron chi connectivity index (χ4n) is 2.20. The van der Waals surface area contributed by atoms with Gasteiger partial charge >= 0.3 is 7.82 Å². The molecule has 22 heavy (non-hydrogen) atoms. The molecule has 1 aliphatic heterocycles. The number of hydrogen-bond acceptors (Lipinski definition) is 6. The number of phosphoric acid groups is 1. The van der Waals surface area contributed by atoms with E-state index in [1.165, 1.54) is 18.2 Å². The Bertz CT molecular complexity index is 603. The van der Waals surface area contributed by atoms with Crippen LogP contribution in [0.4, 0.5) is 0 Å². The largest absolute Gasteiger partial charge is 0.469 e. The van der Waals surface area contributed by atoms with E-state index in [0.717, 1.165) is 0 Å². The quantitative estimate of drug-likeness (QED) is 0.431. The molecule has 9 nitrogen and oxygen atoms in total. The Kier molecular flexibility index (Phi) is 4.98. The van der Waals surface area contributed by atoms with Gasteiger partial charge in [0.1, 0.15) is 24.4 Å². The van der Waals surface area contributed by atoms with Crippen molar-refractivity contribution in [1.29, 1.82) is 0 Å². The highest BCUT2D eigenvalue weighted by Crippen LogP contribution is 2.39. The zero-order valence-corrected chi connectivity index (χ0v) is 12.2. The van der Waals surface area contributed by atoms with E-state index >= 15 is 0 Å². The van der Waals surface area contributed by atoms with Crippen LogP contribution in [0, 0.1) is 0 Å². The van der Waals surface area contributed by atoms with Gasteiger partial charge in [0.05, 0.1) is 6.61 Å². The normalized spacial score (nSPS) is 28.7. The number of phosphoric ester groups is 1. The molecule has 0 radical (unpaired) electrons. The molecule has 0 aromatic heterocycles. The molecule has 1 aromatic carbocycles. The molecule has 6 N–H and O–H groups in total. The molecule has 122 valence electrons. The standard InChI is InChI=1S/C12H16NO8P/c13-12(16)7-3-1-2-6(4-7)11-10(15)9(14)8(21-11)5-20-22(17,18)19/h1-4,8-11,14-15H,5H2,(H2,13,16)(H2,17,18,19)/t8-,9+,10+,11-/m0/s1. The first-order chi connectivity index (χ1) is 10.2. The van der Waals surface area contributed by atoms with Crippen LogP contribution in [0.2, 0.25) is 0 Å². The Morgan fingerprint density at radius 2 is 2.00 bits per heavy atom. The molecular formula is C12H16NO8P. The predicted octanol–water partition coefficient (Wildman–Crippen LogP) is -0.944. The summed E-state index contributed by atoms with van der Waals surface area (Å²) in [7, 11) is -4.71. The van der Waals surface area contributed by atoms with Crippen molar-refractivity contribution in [1.82, 2.24) is 0 Å². The van der Waals surface area contributed by atoms with E-state index in [-0.39, 0.29) is 5.56 Å². The molecule has 0 saturated carbocycles.